The third kappa shape index (κ3) is 2.13. The summed E-state index contributed by atoms with van der Waals surface area (Å²) in [5.74, 6) is 0.340. The van der Waals surface area contributed by atoms with E-state index in [1.165, 1.54) is 11.8 Å². The normalized spacial score (nSPS) is 16.1. The van der Waals surface area contributed by atoms with E-state index in [1.807, 2.05) is 6.07 Å². The molecular formula is C8H6BrN3OS. The van der Waals surface area contributed by atoms with E-state index in [1.54, 1.807) is 12.4 Å². The zero-order valence-corrected chi connectivity index (χ0v) is 9.43. The molecule has 0 spiro atoms. The maximum atomic E-state index is 10.8. The Balaban J connectivity index is 2.27. The van der Waals surface area contributed by atoms with E-state index in [0.29, 0.717) is 5.75 Å². The number of carbonyl (C=O) groups is 1. The molecule has 0 aliphatic carbocycles. The van der Waals surface area contributed by atoms with Gasteiger partial charge in [-0.2, -0.15) is 5.10 Å². The highest BCUT2D eigenvalue weighted by Crippen LogP contribution is 2.18. The van der Waals surface area contributed by atoms with Gasteiger partial charge in [-0.15, -0.1) is 0 Å². The van der Waals surface area contributed by atoms with Gasteiger partial charge in [0.15, 0.2) is 0 Å². The fourth-order valence-electron chi connectivity index (χ4n) is 0.988. The van der Waals surface area contributed by atoms with Crippen LogP contribution in [0.15, 0.2) is 28.0 Å². The number of nitrogens with zero attached hydrogens (tertiary/aromatic N) is 2. The number of nitrogens with one attached hydrogen (secondary N) is 1. The van der Waals surface area contributed by atoms with Gasteiger partial charge in [-0.05, 0) is 22.0 Å². The van der Waals surface area contributed by atoms with Crippen molar-refractivity contribution >= 4 is 38.6 Å². The maximum absolute atomic E-state index is 10.8. The summed E-state index contributed by atoms with van der Waals surface area (Å²) in [7, 11) is 0. The van der Waals surface area contributed by atoms with Crippen molar-refractivity contribution in [2.45, 2.75) is 0 Å². The van der Waals surface area contributed by atoms with Crippen molar-refractivity contribution in [3.63, 3.8) is 0 Å². The maximum Gasteiger partial charge on any atom is 0.250 e. The first-order valence-electron chi connectivity index (χ1n) is 3.86. The van der Waals surface area contributed by atoms with Crippen LogP contribution in [0.5, 0.6) is 0 Å². The first kappa shape index (κ1) is 9.67. The van der Waals surface area contributed by atoms with Gasteiger partial charge in [-0.3, -0.25) is 9.78 Å². The molecule has 4 nitrogen and oxygen atoms in total. The number of thioether (sulfide) groups is 1. The van der Waals surface area contributed by atoms with Crippen molar-refractivity contribution in [3.8, 4) is 0 Å². The quantitative estimate of drug-likeness (QED) is 0.840. The monoisotopic (exact) mass is 271 g/mol. The lowest BCUT2D eigenvalue weighted by atomic mass is 10.3. The lowest BCUT2D eigenvalue weighted by Crippen LogP contribution is -2.26. The van der Waals surface area contributed by atoms with Gasteiger partial charge in [0.05, 0.1) is 5.75 Å². The van der Waals surface area contributed by atoms with Crippen LogP contribution in [0.3, 0.4) is 0 Å². The standard InChI is InChI=1S/C8H6BrN3OS/c9-6-1-5(2-10-3-6)8-12-11-7(13)4-14-8/h1-3H,4H2,(H,11,13). The van der Waals surface area contributed by atoms with Gasteiger partial charge in [0.25, 0.3) is 5.91 Å². The van der Waals surface area contributed by atoms with Crippen molar-refractivity contribution in [1.82, 2.24) is 10.4 Å². The molecule has 1 amide bonds. The van der Waals surface area contributed by atoms with Crippen LogP contribution in [-0.2, 0) is 4.79 Å². The van der Waals surface area contributed by atoms with Crippen LogP contribution in [0.2, 0.25) is 0 Å². The molecular weight excluding hydrogens is 266 g/mol. The minimum atomic E-state index is -0.0679. The van der Waals surface area contributed by atoms with E-state index in [4.69, 9.17) is 0 Å². The molecule has 0 bridgehead atoms. The Labute approximate surface area is 93.3 Å². The largest absolute Gasteiger partial charge is 0.272 e. The van der Waals surface area contributed by atoms with E-state index in [-0.39, 0.29) is 5.91 Å². The summed E-state index contributed by atoms with van der Waals surface area (Å²) < 4.78 is 0.898. The van der Waals surface area contributed by atoms with Gasteiger partial charge in [-0.25, -0.2) is 5.43 Å². The van der Waals surface area contributed by atoms with Crippen LogP contribution in [0.25, 0.3) is 0 Å². The smallest absolute Gasteiger partial charge is 0.250 e. The van der Waals surface area contributed by atoms with E-state index >= 15 is 0 Å². The Bertz CT molecular complexity index is 407. The minimum absolute atomic E-state index is 0.0679. The summed E-state index contributed by atoms with van der Waals surface area (Å²) in [6.07, 6.45) is 3.42. The lowest BCUT2D eigenvalue weighted by molar-refractivity contribution is -0.118. The summed E-state index contributed by atoms with van der Waals surface area (Å²) in [6.45, 7) is 0. The highest BCUT2D eigenvalue weighted by atomic mass is 79.9. The summed E-state index contributed by atoms with van der Waals surface area (Å²) in [5, 5.41) is 4.73. The number of hydrogen-bond donors (Lipinski definition) is 1. The first-order valence-corrected chi connectivity index (χ1v) is 5.64. The third-order valence-electron chi connectivity index (χ3n) is 1.57. The molecule has 14 heavy (non-hydrogen) atoms. The number of hydrogen-bond acceptors (Lipinski definition) is 4. The molecule has 1 aliphatic rings. The number of carbonyl (C=O) groups excluding carboxylic acids is 1. The van der Waals surface area contributed by atoms with E-state index < -0.39 is 0 Å². The van der Waals surface area contributed by atoms with Crippen LogP contribution >= 0.6 is 27.7 Å². The second-order valence-electron chi connectivity index (χ2n) is 2.63. The molecule has 0 aromatic carbocycles. The van der Waals surface area contributed by atoms with Crippen LogP contribution in [0.4, 0.5) is 0 Å². The molecule has 72 valence electrons. The molecule has 0 saturated heterocycles. The molecule has 0 fully saturated rings. The van der Waals surface area contributed by atoms with Crippen molar-refractivity contribution in [3.05, 3.63) is 28.5 Å². The highest BCUT2D eigenvalue weighted by molar-refractivity contribution is 9.10. The summed E-state index contributed by atoms with van der Waals surface area (Å²) in [4.78, 5) is 14.9. The number of amides is 1. The summed E-state index contributed by atoms with van der Waals surface area (Å²) >= 11 is 4.74. The molecule has 2 rings (SSSR count). The Morgan fingerprint density at radius 3 is 3.00 bits per heavy atom. The van der Waals surface area contributed by atoms with Crippen molar-refractivity contribution in [2.24, 2.45) is 5.10 Å². The molecule has 0 atom stereocenters. The van der Waals surface area contributed by atoms with Crippen molar-refractivity contribution in [2.75, 3.05) is 5.75 Å². The SMILES string of the molecule is O=C1CSC(c2cncc(Br)c2)=NN1. The lowest BCUT2D eigenvalue weighted by Gasteiger charge is -2.10. The average molecular weight is 272 g/mol. The zero-order valence-electron chi connectivity index (χ0n) is 7.03. The predicted molar refractivity (Wildman–Crippen MR) is 59.1 cm³/mol. The second-order valence-corrected chi connectivity index (χ2v) is 4.51. The first-order chi connectivity index (χ1) is 6.75. The Morgan fingerprint density at radius 2 is 2.36 bits per heavy atom. The van der Waals surface area contributed by atoms with Gasteiger partial charge >= 0.3 is 0 Å². The summed E-state index contributed by atoms with van der Waals surface area (Å²) in [6, 6.07) is 1.91. The van der Waals surface area contributed by atoms with E-state index in [2.05, 4.69) is 31.4 Å². The molecule has 1 aliphatic heterocycles. The van der Waals surface area contributed by atoms with Gasteiger partial charge in [0.2, 0.25) is 0 Å². The van der Waals surface area contributed by atoms with Crippen LogP contribution in [-0.4, -0.2) is 21.7 Å². The fourth-order valence-corrected chi connectivity index (χ4v) is 2.07. The van der Waals surface area contributed by atoms with Crippen molar-refractivity contribution in [1.29, 1.82) is 0 Å². The van der Waals surface area contributed by atoms with Gasteiger partial charge < -0.3 is 0 Å². The molecule has 0 saturated carbocycles. The van der Waals surface area contributed by atoms with Gasteiger partial charge in [0, 0.05) is 22.4 Å². The number of pyridine rings is 1. The van der Waals surface area contributed by atoms with Gasteiger partial charge in [0.1, 0.15) is 5.04 Å². The minimum Gasteiger partial charge on any atom is -0.272 e. The van der Waals surface area contributed by atoms with Crippen LogP contribution in [0.1, 0.15) is 5.56 Å². The molecule has 0 unspecified atom stereocenters. The third-order valence-corrected chi connectivity index (χ3v) is 3.01. The molecule has 6 heteroatoms. The predicted octanol–water partition coefficient (Wildman–Crippen LogP) is 1.37. The Kier molecular flexibility index (Phi) is 2.83. The Morgan fingerprint density at radius 1 is 1.50 bits per heavy atom. The number of aromatic nitrogens is 1. The van der Waals surface area contributed by atoms with E-state index in [0.717, 1.165) is 15.1 Å². The number of halogens is 1. The Hall–Kier alpha value is -0.880. The average Bonchev–Trinajstić information content (AvgIpc) is 2.19. The highest BCUT2D eigenvalue weighted by Gasteiger charge is 2.13. The molecule has 1 N–H and O–H groups in total. The topological polar surface area (TPSA) is 54.4 Å². The fraction of sp³-hybridized carbons (Fsp3) is 0.125. The molecule has 1 aromatic heterocycles. The number of hydrazone groups is 1. The molecule has 0 radical (unpaired) electrons. The van der Waals surface area contributed by atoms with E-state index in [9.17, 15) is 4.79 Å². The second kappa shape index (κ2) is 4.10. The number of rotatable bonds is 1. The summed E-state index contributed by atoms with van der Waals surface area (Å²) in [5.41, 5.74) is 3.34. The zero-order chi connectivity index (χ0) is 9.97. The van der Waals surface area contributed by atoms with Crippen LogP contribution < -0.4 is 5.43 Å². The molecule has 1 aromatic rings. The van der Waals surface area contributed by atoms with Crippen molar-refractivity contribution < 1.29 is 4.79 Å². The molecule has 2 heterocycles. The van der Waals surface area contributed by atoms with Gasteiger partial charge in [-0.1, -0.05) is 11.8 Å². The van der Waals surface area contributed by atoms with Crippen LogP contribution in [0, 0.1) is 0 Å².